The molecule has 2 atom stereocenters. The standard InChI is InChI=1S/C10H15N5O3/c1-11-3-2-5(16)8(17)7-6-9(15-14-7)12-4-13-10(6)18/h4-5,8,11,16-17H,2-3H2,1H3,(H2,12,13,14,15,18). The highest BCUT2D eigenvalue weighted by Gasteiger charge is 2.23. The molecule has 18 heavy (non-hydrogen) atoms. The Hall–Kier alpha value is -1.77. The molecule has 0 saturated heterocycles. The van der Waals surface area contributed by atoms with E-state index in [0.717, 1.165) is 0 Å². The Labute approximate surface area is 102 Å². The Morgan fingerprint density at radius 2 is 2.28 bits per heavy atom. The maximum absolute atomic E-state index is 11.6. The first-order valence-corrected chi connectivity index (χ1v) is 5.57. The van der Waals surface area contributed by atoms with E-state index in [9.17, 15) is 15.0 Å². The summed E-state index contributed by atoms with van der Waals surface area (Å²) in [7, 11) is 1.75. The van der Waals surface area contributed by atoms with Gasteiger partial charge in [0.25, 0.3) is 5.56 Å². The van der Waals surface area contributed by atoms with Crippen LogP contribution in [-0.4, -0.2) is 50.1 Å². The maximum atomic E-state index is 11.6. The van der Waals surface area contributed by atoms with Crippen molar-refractivity contribution in [3.8, 4) is 0 Å². The molecule has 0 aromatic carbocycles. The quantitative estimate of drug-likeness (QED) is 0.448. The van der Waals surface area contributed by atoms with E-state index in [-0.39, 0.29) is 16.7 Å². The molecule has 2 unspecified atom stereocenters. The van der Waals surface area contributed by atoms with E-state index in [0.29, 0.717) is 13.0 Å². The van der Waals surface area contributed by atoms with Gasteiger partial charge in [0.15, 0.2) is 5.65 Å². The summed E-state index contributed by atoms with van der Waals surface area (Å²) in [6.45, 7) is 0.554. The second-order valence-electron chi connectivity index (χ2n) is 3.97. The van der Waals surface area contributed by atoms with Crippen molar-refractivity contribution >= 4 is 11.0 Å². The smallest absolute Gasteiger partial charge is 0.262 e. The molecule has 2 aromatic heterocycles. The van der Waals surface area contributed by atoms with E-state index < -0.39 is 17.8 Å². The monoisotopic (exact) mass is 253 g/mol. The van der Waals surface area contributed by atoms with Crippen molar-refractivity contribution in [3.63, 3.8) is 0 Å². The van der Waals surface area contributed by atoms with Crippen LogP contribution in [0.1, 0.15) is 18.2 Å². The molecule has 0 spiro atoms. The molecule has 8 heteroatoms. The zero-order valence-corrected chi connectivity index (χ0v) is 9.84. The fourth-order valence-corrected chi connectivity index (χ4v) is 1.74. The molecule has 0 saturated carbocycles. The second kappa shape index (κ2) is 5.25. The van der Waals surface area contributed by atoms with Gasteiger partial charge in [-0.25, -0.2) is 4.98 Å². The summed E-state index contributed by atoms with van der Waals surface area (Å²) < 4.78 is 0. The first-order chi connectivity index (χ1) is 8.65. The van der Waals surface area contributed by atoms with Crippen molar-refractivity contribution < 1.29 is 10.2 Å². The molecule has 0 bridgehead atoms. The summed E-state index contributed by atoms with van der Waals surface area (Å²) in [5, 5.41) is 29.2. The van der Waals surface area contributed by atoms with Crippen molar-refractivity contribution in [2.45, 2.75) is 18.6 Å². The Bertz CT molecular complexity index is 578. The minimum Gasteiger partial charge on any atom is -0.390 e. The van der Waals surface area contributed by atoms with Crippen molar-refractivity contribution in [1.82, 2.24) is 25.5 Å². The zero-order chi connectivity index (χ0) is 13.1. The fraction of sp³-hybridized carbons (Fsp3) is 0.500. The molecule has 8 nitrogen and oxygen atoms in total. The van der Waals surface area contributed by atoms with Crippen LogP contribution in [0.4, 0.5) is 0 Å². The number of nitrogens with one attached hydrogen (secondary N) is 3. The lowest BCUT2D eigenvalue weighted by Crippen LogP contribution is -2.24. The summed E-state index contributed by atoms with van der Waals surface area (Å²) in [6, 6.07) is 0. The lowest BCUT2D eigenvalue weighted by molar-refractivity contribution is 0.0123. The van der Waals surface area contributed by atoms with E-state index in [1.807, 2.05) is 0 Å². The number of aromatic nitrogens is 4. The summed E-state index contributed by atoms with van der Waals surface area (Å²) in [5.41, 5.74) is 0.000172. The summed E-state index contributed by atoms with van der Waals surface area (Å²) in [6.07, 6.45) is -0.593. The Balaban J connectivity index is 2.33. The zero-order valence-electron chi connectivity index (χ0n) is 9.84. The van der Waals surface area contributed by atoms with E-state index in [1.165, 1.54) is 6.33 Å². The highest BCUT2D eigenvalue weighted by molar-refractivity contribution is 5.76. The summed E-state index contributed by atoms with van der Waals surface area (Å²) in [4.78, 5) is 17.9. The van der Waals surface area contributed by atoms with Gasteiger partial charge >= 0.3 is 0 Å². The Morgan fingerprint density at radius 3 is 3.00 bits per heavy atom. The number of aliphatic hydroxyl groups excluding tert-OH is 2. The highest BCUT2D eigenvalue weighted by Crippen LogP contribution is 2.21. The number of hydrogen-bond donors (Lipinski definition) is 5. The minimum absolute atomic E-state index is 0.175. The lowest BCUT2D eigenvalue weighted by Gasteiger charge is -2.16. The number of fused-ring (bicyclic) bond motifs is 1. The van der Waals surface area contributed by atoms with Crippen molar-refractivity contribution in [2.75, 3.05) is 13.6 Å². The molecular weight excluding hydrogens is 238 g/mol. The molecule has 0 radical (unpaired) electrons. The highest BCUT2D eigenvalue weighted by atomic mass is 16.3. The van der Waals surface area contributed by atoms with Crippen molar-refractivity contribution in [2.24, 2.45) is 0 Å². The van der Waals surface area contributed by atoms with E-state index in [4.69, 9.17) is 0 Å². The van der Waals surface area contributed by atoms with E-state index in [1.54, 1.807) is 7.05 Å². The number of hydrogen-bond acceptors (Lipinski definition) is 6. The Kier molecular flexibility index (Phi) is 3.70. The molecule has 0 amide bonds. The largest absolute Gasteiger partial charge is 0.390 e. The third kappa shape index (κ3) is 2.26. The molecule has 2 aromatic rings. The molecule has 0 fully saturated rings. The number of nitrogens with zero attached hydrogens (tertiary/aromatic N) is 2. The topological polar surface area (TPSA) is 127 Å². The van der Waals surface area contributed by atoms with Gasteiger partial charge in [-0.15, -0.1) is 0 Å². The number of aromatic amines is 2. The first-order valence-electron chi connectivity index (χ1n) is 5.57. The van der Waals surface area contributed by atoms with Crippen LogP contribution in [0.25, 0.3) is 11.0 Å². The van der Waals surface area contributed by atoms with Crippen LogP contribution in [-0.2, 0) is 0 Å². The van der Waals surface area contributed by atoms with Gasteiger partial charge in [-0.3, -0.25) is 9.89 Å². The molecule has 0 aliphatic rings. The lowest BCUT2D eigenvalue weighted by atomic mass is 10.1. The van der Waals surface area contributed by atoms with Crippen LogP contribution in [0.2, 0.25) is 0 Å². The average Bonchev–Trinajstić information content (AvgIpc) is 2.80. The third-order valence-corrected chi connectivity index (χ3v) is 2.74. The number of H-pyrrole nitrogens is 2. The summed E-state index contributed by atoms with van der Waals surface area (Å²) in [5.74, 6) is 0. The summed E-state index contributed by atoms with van der Waals surface area (Å²) >= 11 is 0. The maximum Gasteiger partial charge on any atom is 0.262 e. The SMILES string of the molecule is CNCCC(O)C(O)c1[nH]nc2nc[nH]c(=O)c12. The molecule has 0 aliphatic heterocycles. The van der Waals surface area contributed by atoms with E-state index in [2.05, 4.69) is 25.5 Å². The molecule has 2 heterocycles. The predicted molar refractivity (Wildman–Crippen MR) is 64.0 cm³/mol. The third-order valence-electron chi connectivity index (χ3n) is 2.74. The molecule has 5 N–H and O–H groups in total. The fourth-order valence-electron chi connectivity index (χ4n) is 1.74. The number of rotatable bonds is 5. The van der Waals surface area contributed by atoms with Crippen molar-refractivity contribution in [3.05, 3.63) is 22.4 Å². The van der Waals surface area contributed by atoms with Gasteiger partial charge in [0.2, 0.25) is 0 Å². The first kappa shape index (κ1) is 12.7. The van der Waals surface area contributed by atoms with Gasteiger partial charge in [0, 0.05) is 0 Å². The van der Waals surface area contributed by atoms with Crippen LogP contribution in [0.15, 0.2) is 11.1 Å². The van der Waals surface area contributed by atoms with Gasteiger partial charge in [-0.05, 0) is 20.0 Å². The predicted octanol–water partition coefficient (Wildman–Crippen LogP) is -1.35. The average molecular weight is 253 g/mol. The molecule has 98 valence electrons. The van der Waals surface area contributed by atoms with Gasteiger partial charge in [-0.1, -0.05) is 0 Å². The van der Waals surface area contributed by atoms with Gasteiger partial charge in [-0.2, -0.15) is 5.10 Å². The van der Waals surface area contributed by atoms with Gasteiger partial charge in [0.05, 0.1) is 18.1 Å². The molecule has 2 rings (SSSR count). The van der Waals surface area contributed by atoms with Crippen LogP contribution in [0.5, 0.6) is 0 Å². The van der Waals surface area contributed by atoms with Crippen LogP contribution < -0.4 is 10.9 Å². The normalized spacial score (nSPS) is 14.8. The van der Waals surface area contributed by atoms with Crippen LogP contribution in [0.3, 0.4) is 0 Å². The van der Waals surface area contributed by atoms with Gasteiger partial charge in [0.1, 0.15) is 11.5 Å². The minimum atomic E-state index is -1.20. The number of aliphatic hydroxyl groups is 2. The van der Waals surface area contributed by atoms with Crippen LogP contribution >= 0.6 is 0 Å². The second-order valence-corrected chi connectivity index (χ2v) is 3.97. The Morgan fingerprint density at radius 1 is 1.50 bits per heavy atom. The molecular formula is C10H15N5O3. The van der Waals surface area contributed by atoms with Crippen LogP contribution in [0, 0.1) is 0 Å². The molecule has 0 aliphatic carbocycles. The van der Waals surface area contributed by atoms with Crippen molar-refractivity contribution in [1.29, 1.82) is 0 Å². The van der Waals surface area contributed by atoms with Gasteiger partial charge < -0.3 is 20.5 Å². The van der Waals surface area contributed by atoms with E-state index >= 15 is 0 Å².